The molecule has 29 heavy (non-hydrogen) atoms. The summed E-state index contributed by atoms with van der Waals surface area (Å²) in [6.45, 7) is 5.88. The Balaban J connectivity index is 1.74. The monoisotopic (exact) mass is 406 g/mol. The molecule has 0 aromatic rings. The number of rotatable bonds is 6. The van der Waals surface area contributed by atoms with E-state index in [0.29, 0.717) is 19.3 Å². The van der Waals surface area contributed by atoms with Crippen LogP contribution in [0, 0.1) is 23.7 Å². The predicted molar refractivity (Wildman–Crippen MR) is 108 cm³/mol. The van der Waals surface area contributed by atoms with Gasteiger partial charge >= 0.3 is 11.9 Å². The first-order chi connectivity index (χ1) is 13.8. The number of ether oxygens (including phenoxy) is 2. The van der Waals surface area contributed by atoms with Crippen molar-refractivity contribution in [2.24, 2.45) is 23.7 Å². The van der Waals surface area contributed by atoms with Gasteiger partial charge in [0.2, 0.25) is 0 Å². The van der Waals surface area contributed by atoms with Gasteiger partial charge in [0.05, 0.1) is 24.5 Å². The van der Waals surface area contributed by atoms with Crippen LogP contribution in [-0.2, 0) is 19.1 Å². The molecule has 0 bridgehead atoms. The fourth-order valence-corrected chi connectivity index (χ4v) is 4.84. The van der Waals surface area contributed by atoms with Crippen LogP contribution in [-0.4, -0.2) is 46.6 Å². The average Bonchev–Trinajstić information content (AvgIpc) is 2.67. The number of allylic oxidation sites excluding steroid dienone is 1. The minimum Gasteiger partial charge on any atom is -0.462 e. The molecule has 2 N–H and O–H groups in total. The summed E-state index contributed by atoms with van der Waals surface area (Å²) in [5.74, 6) is -0.537. The topological polar surface area (TPSA) is 93.1 Å². The Labute approximate surface area is 173 Å². The maximum atomic E-state index is 12.4. The molecule has 1 heterocycles. The first-order valence-corrected chi connectivity index (χ1v) is 10.9. The second-order valence-corrected chi connectivity index (χ2v) is 8.91. The van der Waals surface area contributed by atoms with Crippen LogP contribution in [0.3, 0.4) is 0 Å². The Morgan fingerprint density at radius 1 is 1.34 bits per heavy atom. The van der Waals surface area contributed by atoms with Crippen LogP contribution in [0.25, 0.3) is 0 Å². The van der Waals surface area contributed by atoms with E-state index in [1.54, 1.807) is 0 Å². The minimum atomic E-state index is -0.645. The lowest BCUT2D eigenvalue weighted by Gasteiger charge is -2.44. The van der Waals surface area contributed by atoms with Gasteiger partial charge in [-0.25, -0.2) is 0 Å². The molecule has 6 heteroatoms. The van der Waals surface area contributed by atoms with Crippen LogP contribution in [0.2, 0.25) is 0 Å². The molecular weight excluding hydrogens is 372 g/mol. The van der Waals surface area contributed by atoms with Crippen molar-refractivity contribution in [1.29, 1.82) is 0 Å². The summed E-state index contributed by atoms with van der Waals surface area (Å²) in [7, 11) is 0. The lowest BCUT2D eigenvalue weighted by atomic mass is 9.65. The van der Waals surface area contributed by atoms with Gasteiger partial charge in [0.1, 0.15) is 12.2 Å². The summed E-state index contributed by atoms with van der Waals surface area (Å²) in [6, 6.07) is 0. The van der Waals surface area contributed by atoms with E-state index in [2.05, 4.69) is 0 Å². The number of hydrogen-bond donors (Lipinski definition) is 2. The third-order valence-corrected chi connectivity index (χ3v) is 6.84. The molecule has 3 aliphatic rings. The molecule has 1 saturated heterocycles. The second-order valence-electron chi connectivity index (χ2n) is 8.91. The van der Waals surface area contributed by atoms with Crippen molar-refractivity contribution in [3.05, 3.63) is 23.8 Å². The number of cyclic esters (lactones) is 1. The normalized spacial score (nSPS) is 37.9. The van der Waals surface area contributed by atoms with E-state index in [4.69, 9.17) is 9.47 Å². The minimum absolute atomic E-state index is 0.00395. The highest BCUT2D eigenvalue weighted by molar-refractivity contribution is 5.72. The van der Waals surface area contributed by atoms with E-state index in [1.165, 1.54) is 0 Å². The zero-order valence-corrected chi connectivity index (χ0v) is 17.6. The zero-order chi connectivity index (χ0) is 21.1. The third-order valence-electron chi connectivity index (χ3n) is 6.84. The van der Waals surface area contributed by atoms with Crippen LogP contribution in [0.1, 0.15) is 59.3 Å². The molecule has 0 spiro atoms. The molecule has 162 valence electrons. The van der Waals surface area contributed by atoms with Crippen molar-refractivity contribution in [1.82, 2.24) is 0 Å². The molecule has 3 rings (SSSR count). The van der Waals surface area contributed by atoms with E-state index in [9.17, 15) is 19.8 Å². The van der Waals surface area contributed by atoms with Crippen molar-refractivity contribution >= 4 is 11.9 Å². The van der Waals surface area contributed by atoms with Crippen LogP contribution in [0.4, 0.5) is 0 Å². The van der Waals surface area contributed by atoms with E-state index in [1.807, 2.05) is 39.0 Å². The van der Waals surface area contributed by atoms with E-state index < -0.39 is 12.2 Å². The lowest BCUT2D eigenvalue weighted by molar-refractivity contribution is -0.162. The highest BCUT2D eigenvalue weighted by atomic mass is 16.5. The summed E-state index contributed by atoms with van der Waals surface area (Å²) < 4.78 is 11.3. The summed E-state index contributed by atoms with van der Waals surface area (Å²) in [6.07, 6.45) is 7.46. The van der Waals surface area contributed by atoms with Crippen molar-refractivity contribution in [3.63, 3.8) is 0 Å². The molecule has 0 aromatic carbocycles. The lowest BCUT2D eigenvalue weighted by Crippen LogP contribution is -2.44. The molecule has 0 unspecified atom stereocenters. The Bertz CT molecular complexity index is 668. The van der Waals surface area contributed by atoms with Gasteiger partial charge in [0.15, 0.2) is 0 Å². The number of carbonyl (C=O) groups excluding carboxylic acids is 2. The number of aliphatic hydroxyl groups excluding tert-OH is 2. The van der Waals surface area contributed by atoms with Crippen LogP contribution in [0.15, 0.2) is 23.8 Å². The van der Waals surface area contributed by atoms with Crippen LogP contribution < -0.4 is 0 Å². The second kappa shape index (κ2) is 9.43. The molecular formula is C23H34O6. The first-order valence-electron chi connectivity index (χ1n) is 10.9. The third kappa shape index (κ3) is 5.10. The molecule has 2 aliphatic carbocycles. The first kappa shape index (κ1) is 22.0. The maximum Gasteiger partial charge on any atom is 0.308 e. The Hall–Kier alpha value is -1.66. The van der Waals surface area contributed by atoms with Gasteiger partial charge < -0.3 is 19.7 Å². The molecule has 0 radical (unpaired) electrons. The van der Waals surface area contributed by atoms with Crippen molar-refractivity contribution < 1.29 is 29.3 Å². The maximum absolute atomic E-state index is 12.4. The average molecular weight is 407 g/mol. The van der Waals surface area contributed by atoms with Gasteiger partial charge in [0.25, 0.3) is 0 Å². The molecule has 6 nitrogen and oxygen atoms in total. The van der Waals surface area contributed by atoms with Gasteiger partial charge in [-0.3, -0.25) is 9.59 Å². The molecule has 1 aliphatic heterocycles. The Kier molecular flexibility index (Phi) is 7.17. The SMILES string of the molecule is CC[C@H](C)C(=O)O[C@@H]1CC=CC2=C[C@H](O)[C@H](C)[C@H](CC[C@@H]3C[C@H](O)CC(=O)O3)[C@@H]21. The Morgan fingerprint density at radius 2 is 2.10 bits per heavy atom. The molecule has 1 fully saturated rings. The van der Waals surface area contributed by atoms with Crippen molar-refractivity contribution in [3.8, 4) is 0 Å². The highest BCUT2D eigenvalue weighted by Crippen LogP contribution is 2.44. The number of carbonyl (C=O) groups is 2. The van der Waals surface area contributed by atoms with Gasteiger partial charge in [-0.1, -0.05) is 39.0 Å². The molecule has 0 amide bonds. The predicted octanol–water partition coefficient (Wildman–Crippen LogP) is 2.92. The van der Waals surface area contributed by atoms with E-state index >= 15 is 0 Å². The summed E-state index contributed by atoms with van der Waals surface area (Å²) >= 11 is 0. The summed E-state index contributed by atoms with van der Waals surface area (Å²) in [4.78, 5) is 24.1. The van der Waals surface area contributed by atoms with E-state index in [0.717, 1.165) is 18.4 Å². The quantitative estimate of drug-likeness (QED) is 0.659. The molecule has 0 aromatic heterocycles. The van der Waals surface area contributed by atoms with E-state index in [-0.39, 0.29) is 54.2 Å². The summed E-state index contributed by atoms with van der Waals surface area (Å²) in [5.41, 5.74) is 1.02. The zero-order valence-electron chi connectivity index (χ0n) is 17.6. The van der Waals surface area contributed by atoms with Crippen LogP contribution in [0.5, 0.6) is 0 Å². The van der Waals surface area contributed by atoms with Crippen molar-refractivity contribution in [2.45, 2.75) is 83.7 Å². The van der Waals surface area contributed by atoms with Gasteiger partial charge in [0, 0.05) is 18.8 Å². The fourth-order valence-electron chi connectivity index (χ4n) is 4.84. The molecule has 0 saturated carbocycles. The smallest absolute Gasteiger partial charge is 0.308 e. The summed E-state index contributed by atoms with van der Waals surface area (Å²) in [5, 5.41) is 20.4. The van der Waals surface area contributed by atoms with Crippen molar-refractivity contribution in [2.75, 3.05) is 0 Å². The van der Waals surface area contributed by atoms with Gasteiger partial charge in [-0.15, -0.1) is 0 Å². The van der Waals surface area contributed by atoms with Gasteiger partial charge in [-0.05, 0) is 36.7 Å². The van der Waals surface area contributed by atoms with Crippen LogP contribution >= 0.6 is 0 Å². The Morgan fingerprint density at radius 3 is 2.79 bits per heavy atom. The molecule has 8 atom stereocenters. The number of aliphatic hydroxyl groups is 2. The highest BCUT2D eigenvalue weighted by Gasteiger charge is 2.43. The fraction of sp³-hybridized carbons (Fsp3) is 0.739. The number of esters is 2. The van der Waals surface area contributed by atoms with Gasteiger partial charge in [-0.2, -0.15) is 0 Å². The number of fused-ring (bicyclic) bond motifs is 1. The number of hydrogen-bond acceptors (Lipinski definition) is 6. The largest absolute Gasteiger partial charge is 0.462 e. The standard InChI is InChI=1S/C23H34O6/c1-4-13(2)23(27)29-20-7-5-6-15-10-19(25)14(3)18(22(15)20)9-8-17-11-16(24)12-21(26)28-17/h5-6,10,13-14,16-20,22,24-25H,4,7-9,11-12H2,1-3H3/t13-,14+,16-,17+,18-,19-,20+,22+/m0/s1.